The first-order valence-electron chi connectivity index (χ1n) is 3.07. The fourth-order valence-corrected chi connectivity index (χ4v) is 0. The summed E-state index contributed by atoms with van der Waals surface area (Å²) >= 11 is 0. The van der Waals surface area contributed by atoms with Crippen molar-refractivity contribution in [2.45, 2.75) is 33.5 Å². The first-order chi connectivity index (χ1) is 3.91. The lowest BCUT2D eigenvalue weighted by Crippen LogP contribution is -1.69. The lowest BCUT2D eigenvalue weighted by atomic mass is 10.2. The molecule has 0 rings (SSSR count). The quantitative estimate of drug-likeness (QED) is 0.516. The summed E-state index contributed by atoms with van der Waals surface area (Å²) in [5.41, 5.74) is 4.50. The third-order valence-corrected chi connectivity index (χ3v) is 0.500. The lowest BCUT2D eigenvalue weighted by Gasteiger charge is -1.68. The summed E-state index contributed by atoms with van der Waals surface area (Å²) in [7, 11) is 6.00. The fourth-order valence-electron chi connectivity index (χ4n) is 0. The predicted octanol–water partition coefficient (Wildman–Crippen LogP) is 1.58. The number of rotatable bonds is 1. The summed E-state index contributed by atoms with van der Waals surface area (Å²) in [6, 6.07) is 0. The van der Waals surface area contributed by atoms with Gasteiger partial charge in [0.2, 0.25) is 0 Å². The summed E-state index contributed by atoms with van der Waals surface area (Å²) in [4.78, 5) is 0. The molecule has 0 saturated heterocycles. The number of unbranched alkanes of at least 4 members (excludes halogenated alkanes) is 1. The maximum atomic E-state index is 4.50. The average Bonchev–Trinajstić information content (AvgIpc) is 1.96. The van der Waals surface area contributed by atoms with E-state index in [-0.39, 0.29) is 0 Å². The molecule has 2 radical (unpaired) electrons. The molecule has 0 aliphatic rings. The van der Waals surface area contributed by atoms with E-state index < -0.39 is 0 Å². The minimum absolute atomic E-state index is 1.32. The second kappa shape index (κ2) is 62.2. The van der Waals surface area contributed by atoms with E-state index in [0.717, 1.165) is 0 Å². The molecule has 0 bridgehead atoms. The lowest BCUT2D eigenvalue weighted by molar-refractivity contribution is 0.886. The largest absolute Gasteiger partial charge is 0.333 e. The van der Waals surface area contributed by atoms with Crippen LogP contribution in [0.4, 0.5) is 0 Å². The highest BCUT2D eigenvalue weighted by molar-refractivity contribution is 6.05. The topological polar surface area (TPSA) is 26.0 Å². The first-order valence-corrected chi connectivity index (χ1v) is 3.07. The minimum atomic E-state index is 1.32. The van der Waals surface area contributed by atoms with Crippen LogP contribution < -0.4 is 5.73 Å². The Balaban J connectivity index is -0.0000000542. The van der Waals surface area contributed by atoms with Crippen LogP contribution in [0, 0.1) is 0 Å². The Hall–Kier alpha value is 0.0249. The van der Waals surface area contributed by atoms with Crippen molar-refractivity contribution >= 4 is 7.85 Å². The molecule has 2 N–H and O–H groups in total. The maximum Gasteiger partial charge on any atom is 0.0606 e. The monoisotopic (exact) mass is 115 g/mol. The van der Waals surface area contributed by atoms with Crippen LogP contribution in [0.5, 0.6) is 0 Å². The van der Waals surface area contributed by atoms with Gasteiger partial charge in [0.15, 0.2) is 0 Å². The third kappa shape index (κ3) is 145. The molecule has 0 amide bonds. The standard InChI is InChI=1S/C4H10.CH3B.CH5N/c1-3-4-2;2*1-2/h3-4H2,1-2H3;1H3;2H2,1H3. The first kappa shape index (κ1) is 15.7. The Kier molecular flexibility index (Phi) is 122. The summed E-state index contributed by atoms with van der Waals surface area (Å²) in [5.74, 6) is 0. The van der Waals surface area contributed by atoms with Gasteiger partial charge in [-0.3, -0.25) is 0 Å². The van der Waals surface area contributed by atoms with Gasteiger partial charge in [0.1, 0.15) is 0 Å². The molecule has 0 aromatic carbocycles. The van der Waals surface area contributed by atoms with Gasteiger partial charge >= 0.3 is 0 Å². The van der Waals surface area contributed by atoms with Gasteiger partial charge in [-0.1, -0.05) is 33.5 Å². The molecule has 8 heavy (non-hydrogen) atoms. The van der Waals surface area contributed by atoms with Crippen LogP contribution in [0.1, 0.15) is 26.7 Å². The normalized spacial score (nSPS) is 5.12. The molecule has 0 spiro atoms. The van der Waals surface area contributed by atoms with Crippen molar-refractivity contribution in [1.82, 2.24) is 0 Å². The van der Waals surface area contributed by atoms with Crippen molar-refractivity contribution in [3.05, 3.63) is 0 Å². The summed E-state index contributed by atoms with van der Waals surface area (Å²) in [6.45, 7) is 5.86. The van der Waals surface area contributed by atoms with Crippen LogP contribution >= 0.6 is 0 Å². The van der Waals surface area contributed by atoms with E-state index >= 15 is 0 Å². The molecule has 0 heterocycles. The van der Waals surface area contributed by atoms with Crippen LogP contribution in [0.2, 0.25) is 6.82 Å². The molecular formula is C6H18BN. The molecule has 0 aromatic heterocycles. The van der Waals surface area contributed by atoms with Crippen molar-refractivity contribution in [2.24, 2.45) is 5.73 Å². The van der Waals surface area contributed by atoms with Gasteiger partial charge in [-0.2, -0.15) is 0 Å². The predicted molar refractivity (Wildman–Crippen MR) is 42.3 cm³/mol. The number of hydrogen-bond donors (Lipinski definition) is 1. The molecular weight excluding hydrogens is 96.9 g/mol. The zero-order valence-electron chi connectivity index (χ0n) is 6.57. The van der Waals surface area contributed by atoms with E-state index in [4.69, 9.17) is 0 Å². The molecule has 0 fully saturated rings. The Bertz CT molecular complexity index is 10.5. The van der Waals surface area contributed by atoms with Gasteiger partial charge in [-0.15, -0.1) is 0 Å². The number of nitrogens with two attached hydrogens (primary N) is 1. The Morgan fingerprint density at radius 3 is 1.12 bits per heavy atom. The SMILES string of the molecule is CCCC.CN.[B]C. The molecule has 2 heteroatoms. The Morgan fingerprint density at radius 2 is 1.12 bits per heavy atom. The smallest absolute Gasteiger partial charge is 0.0606 e. The van der Waals surface area contributed by atoms with Gasteiger partial charge in [0, 0.05) is 0 Å². The molecule has 1 nitrogen and oxygen atoms in total. The van der Waals surface area contributed by atoms with Gasteiger partial charge in [0.05, 0.1) is 7.85 Å². The summed E-state index contributed by atoms with van der Waals surface area (Å²) < 4.78 is 0. The van der Waals surface area contributed by atoms with Gasteiger partial charge in [-0.25, -0.2) is 0 Å². The fraction of sp³-hybridized carbons (Fsp3) is 1.00. The summed E-state index contributed by atoms with van der Waals surface area (Å²) in [6.07, 6.45) is 2.64. The van der Waals surface area contributed by atoms with Crippen molar-refractivity contribution in [1.29, 1.82) is 0 Å². The molecule has 0 aliphatic carbocycles. The van der Waals surface area contributed by atoms with Gasteiger partial charge in [0.25, 0.3) is 0 Å². The summed E-state index contributed by atoms with van der Waals surface area (Å²) in [5, 5.41) is 0. The third-order valence-electron chi connectivity index (χ3n) is 0.500. The van der Waals surface area contributed by atoms with Crippen molar-refractivity contribution in [3.8, 4) is 0 Å². The highest BCUT2D eigenvalue weighted by Crippen LogP contribution is 1.76. The Morgan fingerprint density at radius 1 is 1.00 bits per heavy atom. The van der Waals surface area contributed by atoms with Gasteiger partial charge in [-0.05, 0) is 7.05 Å². The Labute approximate surface area is 55.1 Å². The van der Waals surface area contributed by atoms with Crippen molar-refractivity contribution in [3.63, 3.8) is 0 Å². The highest BCUT2D eigenvalue weighted by Gasteiger charge is 1.56. The highest BCUT2D eigenvalue weighted by atomic mass is 14.4. The van der Waals surface area contributed by atoms with Crippen LogP contribution in [0.3, 0.4) is 0 Å². The zero-order chi connectivity index (χ0) is 7.41. The number of hydrogen-bond acceptors (Lipinski definition) is 1. The van der Waals surface area contributed by atoms with E-state index in [1.54, 1.807) is 0 Å². The van der Waals surface area contributed by atoms with Crippen LogP contribution in [-0.2, 0) is 0 Å². The van der Waals surface area contributed by atoms with Crippen molar-refractivity contribution in [2.75, 3.05) is 7.05 Å². The van der Waals surface area contributed by atoms with Gasteiger partial charge < -0.3 is 5.73 Å². The minimum Gasteiger partial charge on any atom is -0.333 e. The van der Waals surface area contributed by atoms with E-state index in [2.05, 4.69) is 27.4 Å². The molecule has 0 saturated carbocycles. The molecule has 0 aliphatic heterocycles. The van der Waals surface area contributed by atoms with Crippen LogP contribution in [0.15, 0.2) is 0 Å². The van der Waals surface area contributed by atoms with E-state index in [0.29, 0.717) is 0 Å². The second-order valence-corrected chi connectivity index (χ2v) is 1.000. The molecule has 0 aromatic rings. The average molecular weight is 115 g/mol. The zero-order valence-corrected chi connectivity index (χ0v) is 6.57. The molecule has 0 atom stereocenters. The molecule has 0 unspecified atom stereocenters. The van der Waals surface area contributed by atoms with Crippen molar-refractivity contribution < 1.29 is 0 Å². The molecule has 50 valence electrons. The van der Waals surface area contributed by atoms with E-state index in [1.165, 1.54) is 26.7 Å². The van der Waals surface area contributed by atoms with Crippen LogP contribution in [-0.4, -0.2) is 14.9 Å². The van der Waals surface area contributed by atoms with Crippen LogP contribution in [0.25, 0.3) is 0 Å². The van der Waals surface area contributed by atoms with E-state index in [1.807, 2.05) is 0 Å². The maximum absolute atomic E-state index is 4.50. The van der Waals surface area contributed by atoms with E-state index in [9.17, 15) is 0 Å². The second-order valence-electron chi connectivity index (χ2n) is 1.000.